The number of aryl methyl sites for hydroxylation is 1. The number of hydrogen-bond donors (Lipinski definition) is 0. The Morgan fingerprint density at radius 2 is 2.28 bits per heavy atom. The molecule has 2 rings (SSSR count). The van der Waals surface area contributed by atoms with Crippen molar-refractivity contribution in [2.24, 2.45) is 0 Å². The molecule has 0 atom stereocenters. The number of rotatable bonds is 4. The topological polar surface area (TPSA) is 83.1 Å². The first-order chi connectivity index (χ1) is 8.60. The van der Waals surface area contributed by atoms with Crippen LogP contribution in [0.25, 0.3) is 0 Å². The van der Waals surface area contributed by atoms with Crippen molar-refractivity contribution >= 4 is 5.95 Å². The minimum absolute atomic E-state index is 0.381. The molecule has 1 aromatic heterocycles. The van der Waals surface area contributed by atoms with E-state index in [9.17, 15) is 10.1 Å². The highest BCUT2D eigenvalue weighted by molar-refractivity contribution is 5.36. The SMILES string of the molecule is COc1ccc(C)cc1Cn1cnc([N+](=O)[O-])n1. The molecule has 0 saturated heterocycles. The molecule has 7 heteroatoms. The maximum absolute atomic E-state index is 10.5. The Morgan fingerprint density at radius 3 is 2.89 bits per heavy atom. The zero-order valence-electron chi connectivity index (χ0n) is 10.0. The number of hydrogen-bond acceptors (Lipinski definition) is 5. The van der Waals surface area contributed by atoms with E-state index in [2.05, 4.69) is 10.1 Å². The van der Waals surface area contributed by atoms with Gasteiger partial charge < -0.3 is 14.9 Å². The summed E-state index contributed by atoms with van der Waals surface area (Å²) >= 11 is 0. The van der Waals surface area contributed by atoms with Crippen molar-refractivity contribution in [2.75, 3.05) is 7.11 Å². The first-order valence-corrected chi connectivity index (χ1v) is 5.27. The van der Waals surface area contributed by atoms with Crippen LogP contribution in [0.15, 0.2) is 24.5 Å². The first-order valence-electron chi connectivity index (χ1n) is 5.27. The van der Waals surface area contributed by atoms with Crippen LogP contribution in [0.2, 0.25) is 0 Å². The second-order valence-corrected chi connectivity index (χ2v) is 3.81. The summed E-state index contributed by atoms with van der Waals surface area (Å²) in [6.45, 7) is 2.35. The lowest BCUT2D eigenvalue weighted by atomic mass is 10.1. The monoisotopic (exact) mass is 248 g/mol. The predicted molar refractivity (Wildman–Crippen MR) is 63.5 cm³/mol. The van der Waals surface area contributed by atoms with E-state index in [1.807, 2.05) is 25.1 Å². The third-order valence-corrected chi connectivity index (χ3v) is 2.46. The first kappa shape index (κ1) is 12.0. The van der Waals surface area contributed by atoms with Gasteiger partial charge in [-0.15, -0.1) is 0 Å². The Labute approximate surface area is 103 Å². The summed E-state index contributed by atoms with van der Waals surface area (Å²) in [4.78, 5) is 13.5. The molecule has 94 valence electrons. The molecule has 0 aliphatic rings. The summed E-state index contributed by atoms with van der Waals surface area (Å²) in [5, 5.41) is 14.2. The van der Waals surface area contributed by atoms with Crippen molar-refractivity contribution in [2.45, 2.75) is 13.5 Å². The van der Waals surface area contributed by atoms with Gasteiger partial charge in [-0.05, 0) is 17.9 Å². The van der Waals surface area contributed by atoms with E-state index < -0.39 is 10.9 Å². The molecule has 0 spiro atoms. The third-order valence-electron chi connectivity index (χ3n) is 2.46. The molecule has 0 amide bonds. The Bertz CT molecular complexity index is 579. The molecule has 1 aromatic carbocycles. The number of methoxy groups -OCH3 is 1. The molecule has 0 bridgehead atoms. The zero-order chi connectivity index (χ0) is 13.1. The number of nitro groups is 1. The molecular weight excluding hydrogens is 236 g/mol. The summed E-state index contributed by atoms with van der Waals surface area (Å²) in [6.07, 6.45) is 1.33. The van der Waals surface area contributed by atoms with Crippen LogP contribution in [0.4, 0.5) is 5.95 Å². The van der Waals surface area contributed by atoms with Gasteiger partial charge in [0.15, 0.2) is 0 Å². The van der Waals surface area contributed by atoms with Crippen molar-refractivity contribution in [1.29, 1.82) is 0 Å². The minimum atomic E-state index is -0.621. The van der Waals surface area contributed by atoms with Crippen LogP contribution in [0.3, 0.4) is 0 Å². The normalized spacial score (nSPS) is 10.3. The lowest BCUT2D eigenvalue weighted by Gasteiger charge is -2.07. The maximum Gasteiger partial charge on any atom is 0.490 e. The Morgan fingerprint density at radius 1 is 1.50 bits per heavy atom. The summed E-state index contributed by atoms with van der Waals surface area (Å²) in [5.74, 6) is 0.320. The molecular formula is C11H12N4O3. The Kier molecular flexibility index (Phi) is 3.22. The standard InChI is InChI=1S/C11H12N4O3/c1-8-3-4-10(18-2)9(5-8)6-14-7-12-11(13-14)15(16)17/h3-5,7H,6H2,1-2H3. The highest BCUT2D eigenvalue weighted by Crippen LogP contribution is 2.20. The van der Waals surface area contributed by atoms with Gasteiger partial charge in [0.25, 0.3) is 0 Å². The molecule has 0 N–H and O–H groups in total. The van der Waals surface area contributed by atoms with Crippen LogP contribution in [-0.4, -0.2) is 26.8 Å². The van der Waals surface area contributed by atoms with E-state index in [1.165, 1.54) is 11.0 Å². The predicted octanol–water partition coefficient (Wildman–Crippen LogP) is 1.55. The number of benzene rings is 1. The van der Waals surface area contributed by atoms with Crippen molar-refractivity contribution in [3.05, 3.63) is 45.8 Å². The van der Waals surface area contributed by atoms with Crippen LogP contribution in [0.5, 0.6) is 5.75 Å². The Hall–Kier alpha value is -2.44. The average molecular weight is 248 g/mol. The molecule has 0 unspecified atom stereocenters. The highest BCUT2D eigenvalue weighted by Gasteiger charge is 2.14. The summed E-state index contributed by atoms with van der Waals surface area (Å²) < 4.78 is 6.64. The van der Waals surface area contributed by atoms with Gasteiger partial charge in [-0.1, -0.05) is 22.7 Å². The zero-order valence-corrected chi connectivity index (χ0v) is 10.0. The second-order valence-electron chi connectivity index (χ2n) is 3.81. The fraction of sp³-hybridized carbons (Fsp3) is 0.273. The van der Waals surface area contributed by atoms with Gasteiger partial charge in [0, 0.05) is 10.7 Å². The molecule has 18 heavy (non-hydrogen) atoms. The number of aromatic nitrogens is 3. The average Bonchev–Trinajstić information content (AvgIpc) is 2.78. The van der Waals surface area contributed by atoms with Gasteiger partial charge >= 0.3 is 5.95 Å². The van der Waals surface area contributed by atoms with Crippen molar-refractivity contribution < 1.29 is 9.66 Å². The van der Waals surface area contributed by atoms with Crippen LogP contribution in [0, 0.1) is 17.0 Å². The largest absolute Gasteiger partial charge is 0.496 e. The van der Waals surface area contributed by atoms with Gasteiger partial charge in [0.1, 0.15) is 5.75 Å². The molecule has 0 radical (unpaired) electrons. The van der Waals surface area contributed by atoms with Crippen LogP contribution in [0.1, 0.15) is 11.1 Å². The maximum atomic E-state index is 10.5. The minimum Gasteiger partial charge on any atom is -0.496 e. The number of nitrogens with zero attached hydrogens (tertiary/aromatic N) is 4. The van der Waals surface area contributed by atoms with Gasteiger partial charge in [-0.3, -0.25) is 0 Å². The van der Waals surface area contributed by atoms with E-state index in [1.54, 1.807) is 7.11 Å². The van der Waals surface area contributed by atoms with E-state index in [0.717, 1.165) is 16.9 Å². The van der Waals surface area contributed by atoms with E-state index in [-0.39, 0.29) is 0 Å². The fourth-order valence-corrected chi connectivity index (χ4v) is 1.65. The van der Waals surface area contributed by atoms with Gasteiger partial charge in [0.2, 0.25) is 6.33 Å². The summed E-state index contributed by atoms with van der Waals surface area (Å²) in [6, 6.07) is 5.74. The molecule has 7 nitrogen and oxygen atoms in total. The lowest BCUT2D eigenvalue weighted by molar-refractivity contribution is -0.394. The van der Waals surface area contributed by atoms with Crippen molar-refractivity contribution in [3.8, 4) is 5.75 Å². The molecule has 0 fully saturated rings. The number of ether oxygens (including phenoxy) is 1. The van der Waals surface area contributed by atoms with Crippen LogP contribution in [-0.2, 0) is 6.54 Å². The summed E-state index contributed by atoms with van der Waals surface area (Å²) in [5.41, 5.74) is 1.98. The van der Waals surface area contributed by atoms with Gasteiger partial charge in [-0.25, -0.2) is 0 Å². The molecule has 2 aromatic rings. The summed E-state index contributed by atoms with van der Waals surface area (Å²) in [7, 11) is 1.58. The van der Waals surface area contributed by atoms with Crippen LogP contribution < -0.4 is 4.74 Å². The van der Waals surface area contributed by atoms with Crippen molar-refractivity contribution in [3.63, 3.8) is 0 Å². The molecule has 1 heterocycles. The quantitative estimate of drug-likeness (QED) is 0.605. The fourth-order valence-electron chi connectivity index (χ4n) is 1.65. The smallest absolute Gasteiger partial charge is 0.490 e. The van der Waals surface area contributed by atoms with Crippen LogP contribution >= 0.6 is 0 Å². The van der Waals surface area contributed by atoms with E-state index in [4.69, 9.17) is 4.74 Å². The van der Waals surface area contributed by atoms with E-state index >= 15 is 0 Å². The van der Waals surface area contributed by atoms with Gasteiger partial charge in [-0.2, -0.15) is 4.68 Å². The molecule has 0 aliphatic heterocycles. The van der Waals surface area contributed by atoms with Crippen molar-refractivity contribution in [1.82, 2.24) is 14.8 Å². The highest BCUT2D eigenvalue weighted by atomic mass is 16.6. The molecule has 0 saturated carbocycles. The van der Waals surface area contributed by atoms with Gasteiger partial charge in [0.05, 0.1) is 13.7 Å². The Balaban J connectivity index is 2.27. The lowest BCUT2D eigenvalue weighted by Crippen LogP contribution is -2.03. The molecule has 0 aliphatic carbocycles. The van der Waals surface area contributed by atoms with E-state index in [0.29, 0.717) is 6.54 Å². The third kappa shape index (κ3) is 2.45. The second kappa shape index (κ2) is 4.82.